The topological polar surface area (TPSA) is 88.6 Å². The van der Waals surface area contributed by atoms with Gasteiger partial charge in [0.1, 0.15) is 29.0 Å². The predicted molar refractivity (Wildman–Crippen MR) is 129 cm³/mol. The smallest absolute Gasteiger partial charge is 0.237 e. The fourth-order valence-corrected chi connectivity index (χ4v) is 4.95. The minimum atomic E-state index is -6.17. The van der Waals surface area contributed by atoms with Crippen molar-refractivity contribution in [3.8, 4) is 18.2 Å². The van der Waals surface area contributed by atoms with Gasteiger partial charge in [-0.25, -0.2) is 53.7 Å². The number of aromatic nitrogens is 1. The van der Waals surface area contributed by atoms with Crippen molar-refractivity contribution in [1.29, 1.82) is 15.8 Å². The third kappa shape index (κ3) is 5.72. The van der Waals surface area contributed by atoms with Gasteiger partial charge in [0.2, 0.25) is 5.70 Å². The Morgan fingerprint density at radius 3 is 1.27 bits per heavy atom. The van der Waals surface area contributed by atoms with E-state index in [2.05, 4.69) is 9.83 Å². The summed E-state index contributed by atoms with van der Waals surface area (Å²) in [6.07, 6.45) is -12.3. The molecule has 0 N–H and O–H groups in total. The Morgan fingerprint density at radius 1 is 0.569 bits per heavy atom. The first-order valence-corrected chi connectivity index (χ1v) is 12.5. The number of benzene rings is 2. The Labute approximate surface area is 269 Å². The molecule has 0 amide bonds. The molecule has 0 radical (unpaired) electrons. The first-order valence-electron chi connectivity index (χ1n) is 12.5. The minimum Gasteiger partial charge on any atom is -0.237 e. The van der Waals surface area contributed by atoms with Crippen LogP contribution in [0.3, 0.4) is 0 Å². The van der Waals surface area contributed by atoms with Crippen molar-refractivity contribution in [3.63, 3.8) is 0 Å². The van der Waals surface area contributed by atoms with Crippen LogP contribution in [-0.2, 0) is 12.4 Å². The normalized spacial score (nSPS) is 15.1. The summed E-state index contributed by atoms with van der Waals surface area (Å²) in [7, 11) is 0. The summed E-state index contributed by atoms with van der Waals surface area (Å²) >= 11 is 0. The van der Waals surface area contributed by atoms with Crippen molar-refractivity contribution >= 4 is 5.70 Å². The molecule has 4 rings (SSSR count). The van der Waals surface area contributed by atoms with Gasteiger partial charge in [-0.15, -0.1) is 0 Å². The maximum Gasteiger partial charge on any atom is 0.422 e. The number of hydrogen-bond acceptors (Lipinski definition) is 4. The van der Waals surface area contributed by atoms with Crippen LogP contribution in [0.25, 0.3) is 10.5 Å². The number of rotatable bonds is 5. The zero-order valence-electron chi connectivity index (χ0n) is 23.3. The second kappa shape index (κ2) is 12.6. The second-order valence-corrected chi connectivity index (χ2v) is 9.74. The average Bonchev–Trinajstić information content (AvgIpc) is 3.75. The Morgan fingerprint density at radius 2 is 0.941 bits per heavy atom. The summed E-state index contributed by atoms with van der Waals surface area (Å²) in [5, 5.41) is 28.6. The number of allylic oxidation sites excluding steroid dienone is 3. The molecule has 1 aliphatic carbocycles. The van der Waals surface area contributed by atoms with Crippen molar-refractivity contribution in [2.45, 2.75) is 24.2 Å². The van der Waals surface area contributed by atoms with E-state index in [0.717, 1.165) is 18.2 Å². The standard InChI is InChI=1S/C29H2F17N5/c1-50-26(13-19(33)24(38)15(29(44,45)46)25(39)20(13)34)12-8(5(2-47)10-16(30)7(4-49)51-27(40)21(10)35)9(12)6(3-48)11-17(31)22(36)14(28(41,42)43)23(37)18(11)32/h5-6H/b26-12+. The summed E-state index contributed by atoms with van der Waals surface area (Å²) in [5.74, 6) is -38.5. The van der Waals surface area contributed by atoms with Gasteiger partial charge in [-0.1, -0.05) is 0 Å². The van der Waals surface area contributed by atoms with Gasteiger partial charge in [0.15, 0.2) is 63.9 Å². The summed E-state index contributed by atoms with van der Waals surface area (Å²) in [4.78, 5) is 4.98. The maximum atomic E-state index is 15.1. The number of nitrogens with zero attached hydrogens (tertiary/aromatic N) is 5. The molecule has 2 unspecified atom stereocenters. The van der Waals surface area contributed by atoms with E-state index in [1.54, 1.807) is 0 Å². The zero-order valence-corrected chi connectivity index (χ0v) is 23.3. The van der Waals surface area contributed by atoms with E-state index in [4.69, 9.17) is 11.8 Å². The van der Waals surface area contributed by atoms with Crippen LogP contribution >= 0.6 is 0 Å². The molecule has 1 aliphatic rings. The summed E-state index contributed by atoms with van der Waals surface area (Å²) < 4.78 is 242. The molecule has 262 valence electrons. The van der Waals surface area contributed by atoms with Gasteiger partial charge in [0, 0.05) is 0 Å². The van der Waals surface area contributed by atoms with Gasteiger partial charge >= 0.3 is 12.4 Å². The molecule has 2 aromatic carbocycles. The summed E-state index contributed by atoms with van der Waals surface area (Å²) in [6.45, 7) is 7.32. The lowest BCUT2D eigenvalue weighted by molar-refractivity contribution is -0.144. The lowest BCUT2D eigenvalue weighted by atomic mass is 9.92. The van der Waals surface area contributed by atoms with Crippen LogP contribution in [0.2, 0.25) is 0 Å². The molecule has 2 atom stereocenters. The Bertz CT molecular complexity index is 2250. The summed E-state index contributed by atoms with van der Waals surface area (Å²) in [5.41, 5.74) is -21.7. The number of alkyl halides is 6. The number of halogens is 17. The van der Waals surface area contributed by atoms with E-state index in [9.17, 15) is 63.2 Å². The van der Waals surface area contributed by atoms with E-state index in [-0.39, 0.29) is 0 Å². The molecular formula is C29H2F17N5. The van der Waals surface area contributed by atoms with Gasteiger partial charge in [0.05, 0.1) is 35.4 Å². The van der Waals surface area contributed by atoms with Crippen molar-refractivity contribution < 1.29 is 74.6 Å². The minimum absolute atomic E-state index is 0.830. The van der Waals surface area contributed by atoms with Crippen LogP contribution < -0.4 is 0 Å². The van der Waals surface area contributed by atoms with Crippen LogP contribution in [0.15, 0.2) is 16.7 Å². The maximum absolute atomic E-state index is 15.1. The van der Waals surface area contributed by atoms with Crippen molar-refractivity contribution in [2.24, 2.45) is 0 Å². The lowest BCUT2D eigenvalue weighted by Crippen LogP contribution is -2.18. The van der Waals surface area contributed by atoms with E-state index in [1.807, 2.05) is 0 Å². The molecule has 0 spiro atoms. The molecule has 1 heterocycles. The van der Waals surface area contributed by atoms with Crippen LogP contribution in [0.5, 0.6) is 0 Å². The quantitative estimate of drug-likeness (QED) is 0.113. The van der Waals surface area contributed by atoms with Crippen molar-refractivity contribution in [3.05, 3.63) is 126 Å². The predicted octanol–water partition coefficient (Wildman–Crippen LogP) is 9.08. The van der Waals surface area contributed by atoms with Crippen LogP contribution in [0.1, 0.15) is 45.3 Å². The third-order valence-corrected chi connectivity index (χ3v) is 7.07. The number of pyridine rings is 1. The Balaban J connectivity index is 2.22. The highest BCUT2D eigenvalue weighted by molar-refractivity contribution is 5.92. The van der Waals surface area contributed by atoms with Gasteiger partial charge < -0.3 is 0 Å². The van der Waals surface area contributed by atoms with E-state index in [0.29, 0.717) is 0 Å². The highest BCUT2D eigenvalue weighted by Gasteiger charge is 2.51. The van der Waals surface area contributed by atoms with Gasteiger partial charge in [-0.05, 0) is 16.7 Å². The van der Waals surface area contributed by atoms with E-state index in [1.165, 1.54) is 0 Å². The average molecular weight is 743 g/mol. The van der Waals surface area contributed by atoms with Gasteiger partial charge in [0.25, 0.3) is 5.95 Å². The van der Waals surface area contributed by atoms with Gasteiger partial charge in [-0.2, -0.15) is 46.5 Å². The van der Waals surface area contributed by atoms with Gasteiger partial charge in [-0.3, -0.25) is 0 Å². The molecule has 0 saturated heterocycles. The Kier molecular flexibility index (Phi) is 9.32. The highest BCUT2D eigenvalue weighted by atomic mass is 19.4. The molecule has 0 fully saturated rings. The highest BCUT2D eigenvalue weighted by Crippen LogP contribution is 2.59. The molecule has 0 saturated carbocycles. The molecule has 0 aliphatic heterocycles. The van der Waals surface area contributed by atoms with Crippen molar-refractivity contribution in [1.82, 2.24) is 4.98 Å². The second-order valence-electron chi connectivity index (χ2n) is 9.74. The lowest BCUT2D eigenvalue weighted by Gasteiger charge is -2.16. The molecule has 51 heavy (non-hydrogen) atoms. The Hall–Kier alpha value is -6.16. The zero-order chi connectivity index (χ0) is 38.8. The molecule has 3 aromatic rings. The van der Waals surface area contributed by atoms with Crippen molar-refractivity contribution in [2.75, 3.05) is 0 Å². The number of hydrogen-bond donors (Lipinski definition) is 0. The summed E-state index contributed by atoms with van der Waals surface area (Å²) in [6, 6.07) is 2.69. The number of nitriles is 3. The molecule has 22 heteroatoms. The largest absolute Gasteiger partial charge is 0.422 e. The van der Waals surface area contributed by atoms with E-state index >= 15 is 22.0 Å². The SMILES string of the molecule is [C-]#[N+]/C(=C1C(C(C#N)c2c(F)c(F)nc(C#N)c2F)=C\1C(C#N)c1c(F)c(F)c(C(F)(F)F)c(F)c1F)c1c(F)c(F)c(C(F)(F)F)c(F)c1F. The monoisotopic (exact) mass is 743 g/mol. The van der Waals surface area contributed by atoms with Crippen LogP contribution in [0, 0.1) is 105 Å². The molecular weight excluding hydrogens is 741 g/mol. The molecule has 5 nitrogen and oxygen atoms in total. The van der Waals surface area contributed by atoms with Crippen LogP contribution in [-0.4, -0.2) is 4.98 Å². The first kappa shape index (κ1) is 37.7. The first-order chi connectivity index (χ1) is 23.5. The fraction of sp³-hybridized carbons (Fsp3) is 0.138. The van der Waals surface area contributed by atoms with E-state index < -0.39 is 144 Å². The molecule has 0 bridgehead atoms. The molecule has 1 aromatic heterocycles. The fourth-order valence-electron chi connectivity index (χ4n) is 4.95. The third-order valence-electron chi connectivity index (χ3n) is 7.07. The van der Waals surface area contributed by atoms with Crippen LogP contribution in [0.4, 0.5) is 74.6 Å².